The summed E-state index contributed by atoms with van der Waals surface area (Å²) in [7, 11) is -3.65. The van der Waals surface area contributed by atoms with Gasteiger partial charge in [0.2, 0.25) is 14.9 Å². The van der Waals surface area contributed by atoms with Crippen LogP contribution in [0.25, 0.3) is 0 Å². The fraction of sp³-hybridized carbons (Fsp3) is 0.786. The number of carbonyl (C=O) groups excluding carboxylic acids is 1. The van der Waals surface area contributed by atoms with Crippen molar-refractivity contribution in [2.75, 3.05) is 6.61 Å². The van der Waals surface area contributed by atoms with Crippen molar-refractivity contribution in [3.05, 3.63) is 11.6 Å². The molecule has 6 atom stereocenters. The van der Waals surface area contributed by atoms with Crippen LogP contribution in [0, 0.1) is 41.4 Å². The second-order valence-corrected chi connectivity index (χ2v) is 22.3. The molecule has 0 unspecified atom stereocenters. The van der Waals surface area contributed by atoms with Gasteiger partial charge in [0.05, 0.1) is 5.71 Å². The van der Waals surface area contributed by atoms with Crippen LogP contribution in [-0.4, -0.2) is 40.5 Å². The Morgan fingerprint density at radius 2 is 1.80 bits per heavy atom. The van der Waals surface area contributed by atoms with Gasteiger partial charge in [-0.15, -0.1) is 6.42 Å². The Morgan fingerprint density at radius 3 is 2.46 bits per heavy atom. The molecule has 0 heterocycles. The Hall–Kier alpha value is -1.37. The highest BCUT2D eigenvalue weighted by Gasteiger charge is 2.63. The average Bonchev–Trinajstić information content (AvgIpc) is 3.03. The van der Waals surface area contributed by atoms with E-state index in [4.69, 9.17) is 20.1 Å². The van der Waals surface area contributed by atoms with Crippen LogP contribution in [0.1, 0.15) is 58.3 Å². The number of rotatable bonds is 6. The van der Waals surface area contributed by atoms with E-state index in [-0.39, 0.29) is 23.6 Å². The maximum Gasteiger partial charge on any atom is 0.333 e. The number of hydrogen-bond acceptors (Lipinski definition) is 5. The first-order chi connectivity index (χ1) is 16.3. The van der Waals surface area contributed by atoms with E-state index in [9.17, 15) is 4.79 Å². The van der Waals surface area contributed by atoms with E-state index in [1.54, 1.807) is 0 Å². The fourth-order valence-electron chi connectivity index (χ4n) is 7.76. The molecule has 35 heavy (non-hydrogen) atoms. The highest BCUT2D eigenvalue weighted by Crippen LogP contribution is 2.66. The van der Waals surface area contributed by atoms with Gasteiger partial charge >= 0.3 is 5.97 Å². The van der Waals surface area contributed by atoms with Crippen molar-refractivity contribution in [2.45, 2.75) is 103 Å². The quantitative estimate of drug-likeness (QED) is 0.229. The topological polar surface area (TPSA) is 57.1 Å². The van der Waals surface area contributed by atoms with Crippen LogP contribution in [0.5, 0.6) is 0 Å². The van der Waals surface area contributed by atoms with Crippen molar-refractivity contribution in [3.63, 3.8) is 0 Å². The van der Waals surface area contributed by atoms with Gasteiger partial charge in [-0.25, -0.2) is 4.79 Å². The largest absolute Gasteiger partial charge is 0.517 e. The lowest BCUT2D eigenvalue weighted by molar-refractivity contribution is -0.140. The second kappa shape index (κ2) is 9.50. The Bertz CT molecular complexity index is 940. The van der Waals surface area contributed by atoms with E-state index in [1.165, 1.54) is 31.3 Å². The number of allylic oxidation sites excluding steroid dienone is 2. The van der Waals surface area contributed by atoms with Crippen LogP contribution in [0.4, 0.5) is 0 Å². The zero-order valence-electron chi connectivity index (χ0n) is 22.9. The highest BCUT2D eigenvalue weighted by atomic mass is 28.4. The molecule has 4 aliphatic carbocycles. The molecule has 7 heteroatoms. The predicted octanol–water partition coefficient (Wildman–Crippen LogP) is 6.53. The molecule has 0 aromatic rings. The lowest BCUT2D eigenvalue weighted by atomic mass is 9.50. The van der Waals surface area contributed by atoms with E-state index < -0.39 is 16.6 Å². The van der Waals surface area contributed by atoms with Gasteiger partial charge in [0, 0.05) is 5.41 Å². The predicted molar refractivity (Wildman–Crippen MR) is 146 cm³/mol. The zero-order valence-corrected chi connectivity index (χ0v) is 24.9. The molecule has 4 rings (SSSR count). The lowest BCUT2D eigenvalue weighted by Gasteiger charge is -2.56. The second-order valence-electron chi connectivity index (χ2n) is 13.5. The summed E-state index contributed by atoms with van der Waals surface area (Å²) in [6, 6.07) is 0. The van der Waals surface area contributed by atoms with E-state index in [2.05, 4.69) is 43.7 Å². The summed E-state index contributed by atoms with van der Waals surface area (Å²) in [5.74, 6) is 5.67. The van der Waals surface area contributed by atoms with Crippen LogP contribution in [0.3, 0.4) is 0 Å². The van der Waals surface area contributed by atoms with Crippen molar-refractivity contribution >= 4 is 28.3 Å². The van der Waals surface area contributed by atoms with Crippen molar-refractivity contribution in [2.24, 2.45) is 34.2 Å². The lowest BCUT2D eigenvalue weighted by Crippen LogP contribution is -2.56. The molecule has 0 aromatic heterocycles. The zero-order chi connectivity index (χ0) is 25.6. The van der Waals surface area contributed by atoms with Gasteiger partial charge < -0.3 is 13.7 Å². The summed E-state index contributed by atoms with van der Waals surface area (Å²) in [6.07, 6.45) is 17.5. The Kier molecular flexibility index (Phi) is 7.24. The fourth-order valence-corrected chi connectivity index (χ4v) is 9.94. The molecule has 0 aliphatic heterocycles. The van der Waals surface area contributed by atoms with Crippen LogP contribution in [0.2, 0.25) is 39.3 Å². The number of nitrogens with zero attached hydrogens (tertiary/aromatic N) is 1. The monoisotopic (exact) mass is 515 g/mol. The molecule has 0 saturated heterocycles. The first-order valence-electron chi connectivity index (χ1n) is 13.6. The molecular weight excluding hydrogens is 470 g/mol. The van der Waals surface area contributed by atoms with Crippen LogP contribution in [0.15, 0.2) is 16.8 Å². The van der Waals surface area contributed by atoms with Crippen molar-refractivity contribution in [1.29, 1.82) is 0 Å². The third-order valence-electron chi connectivity index (χ3n) is 8.93. The molecule has 3 saturated carbocycles. The minimum Gasteiger partial charge on any atom is -0.517 e. The molecule has 194 valence electrons. The van der Waals surface area contributed by atoms with E-state index in [1.807, 2.05) is 19.6 Å². The molecule has 0 bridgehead atoms. The molecule has 0 amide bonds. The number of fused-ring (bicyclic) bond motifs is 5. The van der Waals surface area contributed by atoms with Gasteiger partial charge in [-0.3, -0.25) is 0 Å². The van der Waals surface area contributed by atoms with E-state index in [0.29, 0.717) is 11.8 Å². The number of carbonyl (C=O) groups is 1. The van der Waals surface area contributed by atoms with Gasteiger partial charge in [-0.2, -0.15) is 0 Å². The van der Waals surface area contributed by atoms with Crippen LogP contribution in [-0.2, 0) is 18.5 Å². The van der Waals surface area contributed by atoms with Gasteiger partial charge in [0.15, 0.2) is 8.32 Å². The number of hydrogen-bond donors (Lipinski definition) is 0. The van der Waals surface area contributed by atoms with Crippen LogP contribution >= 0.6 is 0 Å². The maximum absolute atomic E-state index is 11.9. The summed E-state index contributed by atoms with van der Waals surface area (Å²) in [5.41, 5.74) is 2.20. The molecule has 0 aromatic carbocycles. The Balaban J connectivity index is 1.43. The van der Waals surface area contributed by atoms with Gasteiger partial charge in [-0.1, -0.05) is 23.6 Å². The molecule has 0 radical (unpaired) electrons. The minimum atomic E-state index is -1.89. The third kappa shape index (κ3) is 5.35. The average molecular weight is 516 g/mol. The Morgan fingerprint density at radius 1 is 1.06 bits per heavy atom. The SMILES string of the molecule is C#C[C@@]1(O[Si](C)(C)C)CC[C@H]2[C@@H]3CCC4=C/C(=N/OCC(=O)O[Si](C)(C)C)CC[C@@H]4[C@H]3CC[C@@]21C. The summed E-state index contributed by atoms with van der Waals surface area (Å²) in [6.45, 7) is 15.1. The summed E-state index contributed by atoms with van der Waals surface area (Å²) in [5, 5.41) is 4.30. The van der Waals surface area contributed by atoms with Crippen molar-refractivity contribution in [3.8, 4) is 12.3 Å². The smallest absolute Gasteiger partial charge is 0.333 e. The first-order valence-corrected chi connectivity index (χ1v) is 20.4. The molecule has 0 spiro atoms. The molecular formula is C28H45NO4Si2. The third-order valence-corrected chi connectivity index (χ3v) is 10.7. The normalized spacial score (nSPS) is 38.0. The minimum absolute atomic E-state index is 0.0874. The van der Waals surface area contributed by atoms with Crippen LogP contribution < -0.4 is 0 Å². The molecule has 5 nitrogen and oxygen atoms in total. The first kappa shape index (κ1) is 26.7. The van der Waals surface area contributed by atoms with Crippen molar-refractivity contribution in [1.82, 2.24) is 0 Å². The number of terminal acetylenes is 1. The van der Waals surface area contributed by atoms with Gasteiger partial charge in [-0.05, 0) is 120 Å². The van der Waals surface area contributed by atoms with E-state index in [0.717, 1.165) is 43.2 Å². The Labute approximate surface area is 214 Å². The molecule has 0 N–H and O–H groups in total. The summed E-state index contributed by atoms with van der Waals surface area (Å²) in [4.78, 5) is 17.3. The summed E-state index contributed by atoms with van der Waals surface area (Å²) < 4.78 is 12.3. The molecule has 3 fully saturated rings. The maximum atomic E-state index is 11.9. The van der Waals surface area contributed by atoms with E-state index >= 15 is 0 Å². The van der Waals surface area contributed by atoms with Crippen molar-refractivity contribution < 1.29 is 18.5 Å². The standard InChI is InChI=1S/C28H45NO4Si2/c1-9-28(33-35(6,7)8)17-15-25-24-12-10-20-18-21(29-31-19-26(30)32-34(3,4)5)11-13-22(20)23(24)14-16-27(25,28)2/h1,18,22-25H,10-17,19H2,2-8H3/b29-21+/t22-,23+,24+,25-,27-,28+/m0/s1. The highest BCUT2D eigenvalue weighted by molar-refractivity contribution is 6.71. The molecule has 4 aliphatic rings. The van der Waals surface area contributed by atoms with Gasteiger partial charge in [0.25, 0.3) is 0 Å². The number of oxime groups is 1. The summed E-state index contributed by atoms with van der Waals surface area (Å²) >= 11 is 0. The van der Waals surface area contributed by atoms with Gasteiger partial charge in [0.1, 0.15) is 5.60 Å².